The van der Waals surface area contributed by atoms with Gasteiger partial charge in [-0.2, -0.15) is 0 Å². The molecule has 0 unspecified atom stereocenters. The van der Waals surface area contributed by atoms with Crippen LogP contribution in [0.15, 0.2) is 23.3 Å². The summed E-state index contributed by atoms with van der Waals surface area (Å²) in [5.41, 5.74) is -0.528. The second kappa shape index (κ2) is 22.4. The zero-order valence-corrected chi connectivity index (χ0v) is 20.1. The summed E-state index contributed by atoms with van der Waals surface area (Å²) in [4.78, 5) is 39.6. The molecule has 0 amide bonds. The molecule has 0 fully saturated rings. The van der Waals surface area contributed by atoms with Crippen molar-refractivity contribution in [1.82, 2.24) is 0 Å². The molecule has 9 heteroatoms. The molecule has 0 aliphatic rings. The number of carboxylic acid groups (broad SMARTS) is 4. The summed E-state index contributed by atoms with van der Waals surface area (Å²) in [7, 11) is 0. The Kier molecular flexibility index (Phi) is 24.6. The van der Waals surface area contributed by atoms with E-state index in [-0.39, 0.29) is 24.0 Å². The zero-order chi connectivity index (χ0) is 23.2. The van der Waals surface area contributed by atoms with Gasteiger partial charge in [-0.15, -0.1) is 0 Å². The molecular formula is C20H29O8Sn. The Balaban J connectivity index is -0.000000350. The second-order valence-corrected chi connectivity index (χ2v) is 7.20. The van der Waals surface area contributed by atoms with E-state index < -0.39 is 23.9 Å². The molecule has 29 heavy (non-hydrogen) atoms. The fourth-order valence-corrected chi connectivity index (χ4v) is 2.51. The van der Waals surface area contributed by atoms with Gasteiger partial charge in [0.1, 0.15) is 0 Å². The number of carboxylic acids is 4. The summed E-state index contributed by atoms with van der Waals surface area (Å²) in [5.74, 6) is -5.96. The number of hydrogen-bond donors (Lipinski definition) is 0. The quantitative estimate of drug-likeness (QED) is 0.174. The summed E-state index contributed by atoms with van der Waals surface area (Å²) < 4.78 is 1.46. The first-order chi connectivity index (χ1) is 13.6. The number of rotatable bonds is 12. The Morgan fingerprint density at radius 1 is 0.655 bits per heavy atom. The number of aliphatic carboxylic acids is 4. The molecule has 0 aromatic rings. The van der Waals surface area contributed by atoms with Crippen LogP contribution in [-0.2, 0) is 19.2 Å². The topological polar surface area (TPSA) is 161 Å². The van der Waals surface area contributed by atoms with Crippen molar-refractivity contribution in [2.24, 2.45) is 0 Å². The van der Waals surface area contributed by atoms with Gasteiger partial charge >= 0.3 is 72.4 Å². The average molecular weight is 516 g/mol. The van der Waals surface area contributed by atoms with Crippen LogP contribution < -0.4 is 20.4 Å². The van der Waals surface area contributed by atoms with Gasteiger partial charge in [0.2, 0.25) is 0 Å². The maximum atomic E-state index is 10.00. The maximum absolute atomic E-state index is 10.00. The molecule has 0 bridgehead atoms. The molecule has 0 heterocycles. The molecule has 0 saturated heterocycles. The van der Waals surface area contributed by atoms with E-state index in [2.05, 4.69) is 6.92 Å². The third-order valence-corrected chi connectivity index (χ3v) is 4.41. The number of hydrogen-bond acceptors (Lipinski definition) is 8. The molecule has 8 nitrogen and oxygen atoms in total. The van der Waals surface area contributed by atoms with Gasteiger partial charge in [-0.25, -0.2) is 0 Å². The third kappa shape index (κ3) is 26.2. The van der Waals surface area contributed by atoms with Gasteiger partial charge < -0.3 is 39.6 Å². The Labute approximate surface area is 185 Å². The molecule has 161 valence electrons. The number of carbonyl (C=O) groups excluding carboxylic acids is 4. The standard InChI is InChI=1S/C8H17.2C6H8O4.Sn/c1-3-5-7-8-6-4-2;2*1-2-4(6(9)10)3-5(7)8;/h1,3-8H2,2H3;2*3H,2H2,1H3,(H,7,8)(H,9,10);/q;;;+4/p-4/b;2*4-3-;. The van der Waals surface area contributed by atoms with Crippen molar-refractivity contribution >= 4 is 46.4 Å². The second-order valence-electron chi connectivity index (χ2n) is 5.78. The van der Waals surface area contributed by atoms with E-state index in [0.717, 1.165) is 0 Å². The van der Waals surface area contributed by atoms with Crippen LogP contribution in [0.4, 0.5) is 0 Å². The fraction of sp³-hybridized carbons (Fsp3) is 0.600. The molecule has 0 rings (SSSR count). The first kappa shape index (κ1) is 31.8. The van der Waals surface area contributed by atoms with Gasteiger partial charge in [0.15, 0.2) is 0 Å². The molecule has 7 radical (unpaired) electrons. The minimum absolute atomic E-state index is 0.121. The summed E-state index contributed by atoms with van der Waals surface area (Å²) in [6.07, 6.45) is 9.99. The number of unbranched alkanes of at least 4 members (excludes halogenated alkanes) is 5. The van der Waals surface area contributed by atoms with Crippen LogP contribution in [0.3, 0.4) is 0 Å². The van der Waals surface area contributed by atoms with Gasteiger partial charge in [0.05, 0.1) is 23.9 Å². The first-order valence-corrected chi connectivity index (χ1v) is 11.5. The molecule has 0 spiro atoms. The Morgan fingerprint density at radius 2 is 1.00 bits per heavy atom. The molecule has 0 saturated carbocycles. The van der Waals surface area contributed by atoms with Crippen LogP contribution in [0.1, 0.15) is 72.1 Å². The molecule has 0 N–H and O–H groups in total. The molecule has 0 aliphatic carbocycles. The molecule has 0 atom stereocenters. The Morgan fingerprint density at radius 3 is 1.21 bits per heavy atom. The van der Waals surface area contributed by atoms with E-state index in [1.54, 1.807) is 22.5 Å². The first-order valence-electron chi connectivity index (χ1n) is 9.47. The minimum atomic E-state index is -1.51. The predicted octanol–water partition coefficient (Wildman–Crippen LogP) is -1.42. The van der Waals surface area contributed by atoms with Crippen molar-refractivity contribution in [3.8, 4) is 0 Å². The van der Waals surface area contributed by atoms with Gasteiger partial charge in [0.25, 0.3) is 0 Å². The van der Waals surface area contributed by atoms with Crippen molar-refractivity contribution in [2.75, 3.05) is 0 Å². The predicted molar refractivity (Wildman–Crippen MR) is 101 cm³/mol. The van der Waals surface area contributed by atoms with E-state index >= 15 is 0 Å². The Hall–Kier alpha value is -1.84. The van der Waals surface area contributed by atoms with Gasteiger partial charge in [-0.05, 0) is 36.1 Å². The van der Waals surface area contributed by atoms with E-state index in [9.17, 15) is 39.6 Å². The van der Waals surface area contributed by atoms with Crippen LogP contribution in [-0.4, -0.2) is 46.4 Å². The van der Waals surface area contributed by atoms with Crippen LogP contribution in [0.5, 0.6) is 0 Å². The summed E-state index contributed by atoms with van der Waals surface area (Å²) >= 11 is 1.71. The summed E-state index contributed by atoms with van der Waals surface area (Å²) in [5, 5.41) is 39.6. The average Bonchev–Trinajstić information content (AvgIpc) is 2.64. The van der Waals surface area contributed by atoms with Crippen LogP contribution >= 0.6 is 0 Å². The molecular weight excluding hydrogens is 487 g/mol. The van der Waals surface area contributed by atoms with E-state index in [1.165, 1.54) is 56.8 Å². The zero-order valence-electron chi connectivity index (χ0n) is 17.3. The van der Waals surface area contributed by atoms with Crippen LogP contribution in [0.25, 0.3) is 0 Å². The van der Waals surface area contributed by atoms with Gasteiger partial charge in [0, 0.05) is 0 Å². The molecule has 0 aromatic heterocycles. The van der Waals surface area contributed by atoms with Crippen molar-refractivity contribution in [3.63, 3.8) is 0 Å². The molecule has 0 aromatic carbocycles. The number of carbonyl (C=O) groups is 4. The van der Waals surface area contributed by atoms with Crippen LogP contribution in [0.2, 0.25) is 4.44 Å². The van der Waals surface area contributed by atoms with Crippen molar-refractivity contribution in [3.05, 3.63) is 23.3 Å². The van der Waals surface area contributed by atoms with Crippen molar-refractivity contribution in [2.45, 2.75) is 76.6 Å². The third-order valence-electron chi connectivity index (χ3n) is 3.40. The van der Waals surface area contributed by atoms with Gasteiger partial charge in [-0.1, -0.05) is 13.8 Å². The van der Waals surface area contributed by atoms with Crippen molar-refractivity contribution in [1.29, 1.82) is 0 Å². The Bertz CT molecular complexity index is 505. The summed E-state index contributed by atoms with van der Waals surface area (Å²) in [6, 6.07) is 0. The van der Waals surface area contributed by atoms with E-state index in [0.29, 0.717) is 12.2 Å². The van der Waals surface area contributed by atoms with E-state index in [4.69, 9.17) is 0 Å². The van der Waals surface area contributed by atoms with Crippen molar-refractivity contribution < 1.29 is 39.6 Å². The summed E-state index contributed by atoms with van der Waals surface area (Å²) in [6.45, 7) is 5.31. The van der Waals surface area contributed by atoms with E-state index in [1.807, 2.05) is 0 Å². The SMILES string of the molecule is CC/C(=C/C(=O)[O-])C(=O)[O-].CC/C(=C/C(=O)[O-])C(=O)[O-].CCCCCCC[CH2][Sn+4]. The molecule has 0 aliphatic heterocycles. The fourth-order valence-electron chi connectivity index (χ4n) is 1.80. The van der Waals surface area contributed by atoms with Crippen LogP contribution in [0, 0.1) is 0 Å². The van der Waals surface area contributed by atoms with Gasteiger partial charge in [-0.3, -0.25) is 0 Å². The monoisotopic (exact) mass is 517 g/mol. The normalized spacial score (nSPS) is 10.8.